The molecule has 2 bridgehead atoms. The molecule has 1 fully saturated rings. The van der Waals surface area contributed by atoms with Gasteiger partial charge in [0.2, 0.25) is 5.91 Å². The number of hydrogen-bond acceptors (Lipinski definition) is 3. The van der Waals surface area contributed by atoms with E-state index in [1.165, 1.54) is 5.56 Å². The Morgan fingerprint density at radius 3 is 2.53 bits per heavy atom. The summed E-state index contributed by atoms with van der Waals surface area (Å²) in [5.74, 6) is 0.120. The number of aryl methyl sites for hydroxylation is 1. The first-order chi connectivity index (χ1) is 16.4. The molecule has 1 saturated heterocycles. The van der Waals surface area contributed by atoms with E-state index >= 15 is 0 Å². The van der Waals surface area contributed by atoms with Gasteiger partial charge in [-0.25, -0.2) is 4.79 Å². The Bertz CT molecular complexity index is 1080. The minimum absolute atomic E-state index is 0.0278. The summed E-state index contributed by atoms with van der Waals surface area (Å²) in [6, 6.07) is 12.5. The van der Waals surface area contributed by atoms with E-state index in [2.05, 4.69) is 17.6 Å². The highest BCUT2D eigenvalue weighted by Crippen LogP contribution is 2.35. The van der Waals surface area contributed by atoms with Crippen LogP contribution in [0.2, 0.25) is 0 Å². The minimum atomic E-state index is -0.635. The molecule has 3 atom stereocenters. The molecular weight excluding hydrogens is 428 g/mol. The fourth-order valence-corrected chi connectivity index (χ4v) is 5.18. The maximum absolute atomic E-state index is 13.2. The van der Waals surface area contributed by atoms with Crippen LogP contribution in [0.1, 0.15) is 57.2 Å². The van der Waals surface area contributed by atoms with Crippen molar-refractivity contribution in [1.82, 2.24) is 14.8 Å². The van der Waals surface area contributed by atoms with Crippen LogP contribution in [0.25, 0.3) is 0 Å². The molecule has 0 unspecified atom stereocenters. The molecule has 2 aliphatic heterocycles. The van der Waals surface area contributed by atoms with Gasteiger partial charge in [0.1, 0.15) is 6.04 Å². The molecule has 34 heavy (non-hydrogen) atoms. The van der Waals surface area contributed by atoms with Crippen molar-refractivity contribution in [2.75, 3.05) is 18.4 Å². The lowest BCUT2D eigenvalue weighted by atomic mass is 9.83. The summed E-state index contributed by atoms with van der Waals surface area (Å²) in [7, 11) is 0. The second kappa shape index (κ2) is 10.5. The third-order valence-electron chi connectivity index (χ3n) is 7.04. The number of likely N-dealkylation sites (tertiary alicyclic amines) is 1. The standard InChI is InChI=1S/C27H36N4O3/c1-4-5-7-19-10-12-22(13-11-19)28-26(33)25(18(2)3)29-27(34)30-15-20-14-21(17-30)23-8-6-9-24(32)31(23)16-20/h6,8-13,18,20-21,25H,4-5,7,14-17H2,1-3H3,(H,28,33)(H,29,34)/t20-,21+,25-/m0/s1. The molecule has 4 rings (SSSR count). The number of carbonyl (C=O) groups is 2. The van der Waals surface area contributed by atoms with Crippen molar-refractivity contribution in [2.24, 2.45) is 11.8 Å². The molecule has 0 saturated carbocycles. The number of pyridine rings is 1. The zero-order valence-corrected chi connectivity index (χ0v) is 20.4. The van der Waals surface area contributed by atoms with Crippen molar-refractivity contribution >= 4 is 17.6 Å². The van der Waals surface area contributed by atoms with Gasteiger partial charge in [-0.1, -0.05) is 45.4 Å². The van der Waals surface area contributed by atoms with Crippen molar-refractivity contribution in [2.45, 2.75) is 65.0 Å². The van der Waals surface area contributed by atoms with E-state index in [-0.39, 0.29) is 35.3 Å². The summed E-state index contributed by atoms with van der Waals surface area (Å²) >= 11 is 0. The molecule has 1 aromatic heterocycles. The molecular formula is C27H36N4O3. The van der Waals surface area contributed by atoms with Crippen LogP contribution >= 0.6 is 0 Å². The van der Waals surface area contributed by atoms with Crippen LogP contribution in [0.3, 0.4) is 0 Å². The van der Waals surface area contributed by atoms with Crippen molar-refractivity contribution in [3.05, 3.63) is 64.1 Å². The van der Waals surface area contributed by atoms with E-state index < -0.39 is 6.04 Å². The van der Waals surface area contributed by atoms with E-state index in [1.807, 2.05) is 53.6 Å². The lowest BCUT2D eigenvalue weighted by molar-refractivity contribution is -0.118. The first-order valence-corrected chi connectivity index (χ1v) is 12.5. The monoisotopic (exact) mass is 464 g/mol. The number of anilines is 1. The summed E-state index contributed by atoms with van der Waals surface area (Å²) in [4.78, 5) is 40.3. The number of hydrogen-bond donors (Lipinski definition) is 2. The number of amides is 3. The van der Waals surface area contributed by atoms with Gasteiger partial charge in [-0.3, -0.25) is 9.59 Å². The van der Waals surface area contributed by atoms with Crippen LogP contribution in [0.15, 0.2) is 47.3 Å². The molecule has 0 spiro atoms. The lowest BCUT2D eigenvalue weighted by Crippen LogP contribution is -2.56. The maximum Gasteiger partial charge on any atom is 0.318 e. The molecule has 3 amide bonds. The smallest absolute Gasteiger partial charge is 0.318 e. The Kier molecular flexibility index (Phi) is 7.39. The Hall–Kier alpha value is -3.09. The molecule has 7 nitrogen and oxygen atoms in total. The van der Waals surface area contributed by atoms with E-state index in [4.69, 9.17) is 0 Å². The van der Waals surface area contributed by atoms with E-state index in [1.54, 1.807) is 12.1 Å². The minimum Gasteiger partial charge on any atom is -0.326 e. The highest BCUT2D eigenvalue weighted by molar-refractivity contribution is 5.97. The molecule has 1 aromatic carbocycles. The SMILES string of the molecule is CCCCc1ccc(NC(=O)[C@@H](NC(=O)N2C[C@@H]3C[C@H](C2)c2cccc(=O)n2C3)C(C)C)cc1. The lowest BCUT2D eigenvalue weighted by Gasteiger charge is -2.43. The Balaban J connectivity index is 1.39. The number of urea groups is 1. The summed E-state index contributed by atoms with van der Waals surface area (Å²) < 4.78 is 1.85. The zero-order valence-electron chi connectivity index (χ0n) is 20.4. The highest BCUT2D eigenvalue weighted by atomic mass is 16.2. The average Bonchev–Trinajstić information content (AvgIpc) is 2.82. The van der Waals surface area contributed by atoms with Gasteiger partial charge in [0.25, 0.3) is 5.56 Å². The van der Waals surface area contributed by atoms with Crippen LogP contribution in [-0.2, 0) is 17.8 Å². The predicted molar refractivity (Wildman–Crippen MR) is 134 cm³/mol. The van der Waals surface area contributed by atoms with Crippen LogP contribution in [0.4, 0.5) is 10.5 Å². The number of nitrogens with one attached hydrogen (secondary N) is 2. The normalized spacial score (nSPS) is 19.9. The van der Waals surface area contributed by atoms with Gasteiger partial charge in [0.05, 0.1) is 0 Å². The van der Waals surface area contributed by atoms with Crippen molar-refractivity contribution < 1.29 is 9.59 Å². The summed E-state index contributed by atoms with van der Waals surface area (Å²) in [6.07, 6.45) is 4.31. The van der Waals surface area contributed by atoms with Gasteiger partial charge in [-0.15, -0.1) is 0 Å². The highest BCUT2D eigenvalue weighted by Gasteiger charge is 2.37. The van der Waals surface area contributed by atoms with Crippen LogP contribution < -0.4 is 16.2 Å². The third kappa shape index (κ3) is 5.34. The fourth-order valence-electron chi connectivity index (χ4n) is 5.18. The Morgan fingerprint density at radius 1 is 1.06 bits per heavy atom. The Labute approximate surface area is 201 Å². The van der Waals surface area contributed by atoms with Crippen molar-refractivity contribution in [3.63, 3.8) is 0 Å². The molecule has 182 valence electrons. The first kappa shape index (κ1) is 24.0. The van der Waals surface area contributed by atoms with Gasteiger partial charge in [0.15, 0.2) is 0 Å². The largest absolute Gasteiger partial charge is 0.326 e. The van der Waals surface area contributed by atoms with Gasteiger partial charge < -0.3 is 20.1 Å². The van der Waals surface area contributed by atoms with Crippen LogP contribution in [-0.4, -0.2) is 40.5 Å². The van der Waals surface area contributed by atoms with Gasteiger partial charge >= 0.3 is 6.03 Å². The number of fused-ring (bicyclic) bond motifs is 4. The predicted octanol–water partition coefficient (Wildman–Crippen LogP) is 3.98. The molecule has 2 aromatic rings. The quantitative estimate of drug-likeness (QED) is 0.650. The number of aromatic nitrogens is 1. The summed E-state index contributed by atoms with van der Waals surface area (Å²) in [5.41, 5.74) is 3.02. The topological polar surface area (TPSA) is 83.4 Å². The molecule has 0 radical (unpaired) electrons. The molecule has 2 N–H and O–H groups in total. The molecule has 3 heterocycles. The second-order valence-corrected chi connectivity index (χ2v) is 10.1. The molecule has 2 aliphatic rings. The second-order valence-electron chi connectivity index (χ2n) is 10.1. The van der Waals surface area contributed by atoms with Crippen molar-refractivity contribution in [3.8, 4) is 0 Å². The number of benzene rings is 1. The summed E-state index contributed by atoms with van der Waals surface area (Å²) in [5, 5.41) is 5.94. The zero-order chi connectivity index (χ0) is 24.2. The van der Waals surface area contributed by atoms with Gasteiger partial charge in [-0.05, 0) is 54.9 Å². The van der Waals surface area contributed by atoms with E-state index in [9.17, 15) is 14.4 Å². The molecule has 7 heteroatoms. The number of rotatable bonds is 7. The fraction of sp³-hybridized carbons (Fsp3) is 0.519. The van der Waals surface area contributed by atoms with Crippen LogP contribution in [0, 0.1) is 11.8 Å². The summed E-state index contributed by atoms with van der Waals surface area (Å²) in [6.45, 7) is 7.83. The van der Waals surface area contributed by atoms with E-state index in [0.717, 1.165) is 37.1 Å². The average molecular weight is 465 g/mol. The van der Waals surface area contributed by atoms with Gasteiger partial charge in [0, 0.05) is 43.0 Å². The van der Waals surface area contributed by atoms with Crippen LogP contribution in [0.5, 0.6) is 0 Å². The van der Waals surface area contributed by atoms with E-state index in [0.29, 0.717) is 19.6 Å². The number of unbranched alkanes of at least 4 members (excludes halogenated alkanes) is 1. The first-order valence-electron chi connectivity index (χ1n) is 12.5. The number of piperidine rings is 1. The van der Waals surface area contributed by atoms with Gasteiger partial charge in [-0.2, -0.15) is 0 Å². The van der Waals surface area contributed by atoms with Crippen molar-refractivity contribution in [1.29, 1.82) is 0 Å². The maximum atomic E-state index is 13.2. The number of carbonyl (C=O) groups excluding carboxylic acids is 2. The third-order valence-corrected chi connectivity index (χ3v) is 7.04. The Morgan fingerprint density at radius 2 is 1.82 bits per heavy atom. The molecule has 0 aliphatic carbocycles. The number of nitrogens with zero attached hydrogens (tertiary/aromatic N) is 2.